The van der Waals surface area contributed by atoms with E-state index in [1.54, 1.807) is 0 Å². The highest BCUT2D eigenvalue weighted by molar-refractivity contribution is 7.14. The van der Waals surface area contributed by atoms with Gasteiger partial charge in [-0.1, -0.05) is 12.1 Å². The van der Waals surface area contributed by atoms with Gasteiger partial charge in [-0.3, -0.25) is 4.99 Å². The first-order valence-corrected chi connectivity index (χ1v) is 11.6. The Kier molecular flexibility index (Phi) is 8.23. The molecule has 6 heteroatoms. The first kappa shape index (κ1) is 21.5. The second kappa shape index (κ2) is 11.1. The van der Waals surface area contributed by atoms with Crippen LogP contribution in [-0.4, -0.2) is 52.3 Å². The lowest BCUT2D eigenvalue weighted by atomic mass is 10.1. The largest absolute Gasteiger partial charge is 0.378 e. The van der Waals surface area contributed by atoms with Crippen LogP contribution in [-0.2, 0) is 6.42 Å². The molecule has 1 aromatic carbocycles. The summed E-state index contributed by atoms with van der Waals surface area (Å²) in [4.78, 5) is 9.44. The van der Waals surface area contributed by atoms with Crippen LogP contribution >= 0.6 is 11.3 Å². The van der Waals surface area contributed by atoms with Crippen molar-refractivity contribution in [2.24, 2.45) is 4.99 Å². The zero-order chi connectivity index (χ0) is 20.5. The van der Waals surface area contributed by atoms with Crippen molar-refractivity contribution in [2.45, 2.75) is 38.6 Å². The van der Waals surface area contributed by atoms with Gasteiger partial charge >= 0.3 is 0 Å². The first-order valence-electron chi connectivity index (χ1n) is 10.7. The van der Waals surface area contributed by atoms with Crippen LogP contribution in [0.25, 0.3) is 0 Å². The molecule has 2 heterocycles. The molecule has 0 spiro atoms. The normalized spacial score (nSPS) is 15.4. The van der Waals surface area contributed by atoms with E-state index in [1.165, 1.54) is 16.3 Å². The molecule has 1 fully saturated rings. The maximum absolute atomic E-state index is 4.81. The van der Waals surface area contributed by atoms with Crippen molar-refractivity contribution in [3.8, 4) is 0 Å². The molecule has 0 atom stereocenters. The number of benzene rings is 1. The summed E-state index contributed by atoms with van der Waals surface area (Å²) >= 11 is 1.83. The lowest BCUT2D eigenvalue weighted by molar-refractivity contribution is 0.463. The number of aryl methyl sites for hydroxylation is 1. The van der Waals surface area contributed by atoms with Gasteiger partial charge in [-0.15, -0.1) is 11.3 Å². The molecule has 158 valence electrons. The number of guanidine groups is 1. The minimum atomic E-state index is 0.502. The summed E-state index contributed by atoms with van der Waals surface area (Å²) < 4.78 is 0. The second-order valence-corrected chi connectivity index (χ2v) is 8.71. The lowest BCUT2D eigenvalue weighted by Crippen LogP contribution is -2.48. The first-order chi connectivity index (χ1) is 14.2. The van der Waals surface area contributed by atoms with E-state index >= 15 is 0 Å². The summed E-state index contributed by atoms with van der Waals surface area (Å²) in [5.41, 5.74) is 2.63. The smallest absolute Gasteiger partial charge is 0.191 e. The molecule has 1 aliphatic heterocycles. The van der Waals surface area contributed by atoms with Crippen LogP contribution in [0, 0.1) is 0 Å². The minimum absolute atomic E-state index is 0.502. The van der Waals surface area contributed by atoms with Crippen LogP contribution in [0.15, 0.2) is 46.8 Å². The number of nitrogens with one attached hydrogen (secondary N) is 2. The maximum atomic E-state index is 4.81. The Morgan fingerprint density at radius 1 is 1.17 bits per heavy atom. The summed E-state index contributed by atoms with van der Waals surface area (Å²) in [6.07, 6.45) is 4.44. The number of aliphatic imine (C=N–C) groups is 1. The van der Waals surface area contributed by atoms with Gasteiger partial charge in [0.1, 0.15) is 0 Å². The fourth-order valence-electron chi connectivity index (χ4n) is 3.64. The van der Waals surface area contributed by atoms with Gasteiger partial charge in [-0.25, -0.2) is 0 Å². The van der Waals surface area contributed by atoms with Gasteiger partial charge in [-0.05, 0) is 67.8 Å². The summed E-state index contributed by atoms with van der Waals surface area (Å²) in [7, 11) is 4.15. The highest BCUT2D eigenvalue weighted by atomic mass is 32.1. The Morgan fingerprint density at radius 2 is 1.93 bits per heavy atom. The molecule has 1 saturated heterocycles. The van der Waals surface area contributed by atoms with Crippen molar-refractivity contribution in [2.75, 3.05) is 50.1 Å². The standard InChI is InChI=1S/C23H35N5S/c1-4-24-23(25-15-5-7-19-9-11-21(12-10-19)27(2)3)26-20-13-16-28(17-14-20)22-8-6-18-29-22/h6,8-12,18,20H,4-5,7,13-17H2,1-3H3,(H2,24,25,26). The zero-order valence-electron chi connectivity index (χ0n) is 18.0. The molecule has 0 amide bonds. The fourth-order valence-corrected chi connectivity index (χ4v) is 4.43. The molecule has 2 N–H and O–H groups in total. The third-order valence-corrected chi connectivity index (χ3v) is 6.27. The summed E-state index contributed by atoms with van der Waals surface area (Å²) in [5, 5.41) is 10.6. The average Bonchev–Trinajstić information content (AvgIpc) is 3.27. The Hall–Kier alpha value is -2.21. The van der Waals surface area contributed by atoms with Crippen LogP contribution in [0.2, 0.25) is 0 Å². The van der Waals surface area contributed by atoms with E-state index in [0.717, 1.165) is 57.8 Å². The van der Waals surface area contributed by atoms with Gasteiger partial charge < -0.3 is 20.4 Å². The van der Waals surface area contributed by atoms with Gasteiger partial charge in [0.15, 0.2) is 5.96 Å². The van der Waals surface area contributed by atoms with E-state index in [9.17, 15) is 0 Å². The van der Waals surface area contributed by atoms with E-state index in [0.29, 0.717) is 6.04 Å². The van der Waals surface area contributed by atoms with Gasteiger partial charge in [-0.2, -0.15) is 0 Å². The molecule has 0 unspecified atom stereocenters. The Balaban J connectivity index is 1.42. The lowest BCUT2D eigenvalue weighted by Gasteiger charge is -2.33. The van der Waals surface area contributed by atoms with E-state index in [-0.39, 0.29) is 0 Å². The number of nitrogens with zero attached hydrogens (tertiary/aromatic N) is 3. The Labute approximate surface area is 179 Å². The predicted octanol–water partition coefficient (Wildman–Crippen LogP) is 3.97. The molecular weight excluding hydrogens is 378 g/mol. The average molecular weight is 414 g/mol. The molecule has 0 bridgehead atoms. The number of hydrogen-bond donors (Lipinski definition) is 2. The van der Waals surface area contributed by atoms with Crippen molar-refractivity contribution < 1.29 is 0 Å². The number of hydrogen-bond acceptors (Lipinski definition) is 4. The van der Waals surface area contributed by atoms with E-state index < -0.39 is 0 Å². The van der Waals surface area contributed by atoms with Crippen LogP contribution in [0.1, 0.15) is 31.7 Å². The minimum Gasteiger partial charge on any atom is -0.378 e. The molecular formula is C23H35N5S. The third-order valence-electron chi connectivity index (χ3n) is 5.34. The number of piperidine rings is 1. The molecule has 3 rings (SSSR count). The molecule has 1 aromatic heterocycles. The van der Waals surface area contributed by atoms with Crippen molar-refractivity contribution in [3.63, 3.8) is 0 Å². The van der Waals surface area contributed by atoms with E-state index in [2.05, 4.69) is 83.2 Å². The quantitative estimate of drug-likeness (QED) is 0.390. The molecule has 0 aliphatic carbocycles. The van der Waals surface area contributed by atoms with Gasteiger partial charge in [0.25, 0.3) is 0 Å². The Bertz CT molecular complexity index is 731. The highest BCUT2D eigenvalue weighted by Gasteiger charge is 2.20. The number of thiophene rings is 1. The third kappa shape index (κ3) is 6.67. The maximum Gasteiger partial charge on any atom is 0.191 e. The molecule has 2 aromatic rings. The molecule has 0 saturated carbocycles. The predicted molar refractivity (Wildman–Crippen MR) is 128 cm³/mol. The molecule has 29 heavy (non-hydrogen) atoms. The summed E-state index contributed by atoms with van der Waals surface area (Å²) in [6, 6.07) is 13.7. The summed E-state index contributed by atoms with van der Waals surface area (Å²) in [6.45, 7) is 6.09. The molecule has 0 radical (unpaired) electrons. The van der Waals surface area contributed by atoms with E-state index in [1.807, 2.05) is 11.3 Å². The van der Waals surface area contributed by atoms with Crippen molar-refractivity contribution >= 4 is 28.0 Å². The Morgan fingerprint density at radius 3 is 2.55 bits per heavy atom. The number of rotatable bonds is 8. The monoisotopic (exact) mass is 413 g/mol. The van der Waals surface area contributed by atoms with Crippen LogP contribution < -0.4 is 20.4 Å². The molecule has 1 aliphatic rings. The summed E-state index contributed by atoms with van der Waals surface area (Å²) in [5.74, 6) is 0.963. The van der Waals surface area contributed by atoms with Crippen molar-refractivity contribution in [1.29, 1.82) is 0 Å². The van der Waals surface area contributed by atoms with E-state index in [4.69, 9.17) is 4.99 Å². The number of anilines is 2. The van der Waals surface area contributed by atoms with Gasteiger partial charge in [0, 0.05) is 52.0 Å². The van der Waals surface area contributed by atoms with Crippen LogP contribution in [0.4, 0.5) is 10.7 Å². The highest BCUT2D eigenvalue weighted by Crippen LogP contribution is 2.24. The second-order valence-electron chi connectivity index (χ2n) is 7.78. The van der Waals surface area contributed by atoms with Gasteiger partial charge in [0.05, 0.1) is 5.00 Å². The zero-order valence-corrected chi connectivity index (χ0v) is 18.8. The van der Waals surface area contributed by atoms with Crippen LogP contribution in [0.3, 0.4) is 0 Å². The van der Waals surface area contributed by atoms with Crippen molar-refractivity contribution in [3.05, 3.63) is 47.3 Å². The topological polar surface area (TPSA) is 42.9 Å². The fraction of sp³-hybridized carbons (Fsp3) is 0.522. The SMILES string of the molecule is CCNC(=NCCCc1ccc(N(C)C)cc1)NC1CCN(c2cccs2)CC1. The van der Waals surface area contributed by atoms with Crippen LogP contribution in [0.5, 0.6) is 0 Å². The van der Waals surface area contributed by atoms with Gasteiger partial charge in [0.2, 0.25) is 0 Å². The van der Waals surface area contributed by atoms with Crippen molar-refractivity contribution in [1.82, 2.24) is 10.6 Å². The molecule has 5 nitrogen and oxygen atoms in total.